The van der Waals surface area contributed by atoms with Crippen LogP contribution in [-0.4, -0.2) is 46.2 Å². The Morgan fingerprint density at radius 1 is 1.06 bits per heavy atom. The fraction of sp³-hybridized carbons (Fsp3) is 0.333. The van der Waals surface area contributed by atoms with Crippen LogP contribution in [0.2, 0.25) is 0 Å². The van der Waals surface area contributed by atoms with Gasteiger partial charge in [-0.15, -0.1) is 10.2 Å². The maximum Gasteiger partial charge on any atom is 0.416 e. The van der Waals surface area contributed by atoms with Crippen molar-refractivity contribution >= 4 is 11.4 Å². The molecule has 0 bridgehead atoms. The van der Waals surface area contributed by atoms with E-state index in [9.17, 15) is 23.3 Å². The van der Waals surface area contributed by atoms with Gasteiger partial charge in [0.15, 0.2) is 0 Å². The lowest BCUT2D eigenvalue weighted by molar-refractivity contribution is -0.384. The van der Waals surface area contributed by atoms with E-state index in [1.165, 1.54) is 6.07 Å². The summed E-state index contributed by atoms with van der Waals surface area (Å²) in [6.45, 7) is 4.33. The van der Waals surface area contributed by atoms with Gasteiger partial charge in [0.05, 0.1) is 17.0 Å². The molecular formula is C21H20F3N5O3. The lowest BCUT2D eigenvalue weighted by Crippen LogP contribution is -2.46. The number of benzene rings is 2. The van der Waals surface area contributed by atoms with E-state index >= 15 is 0 Å². The molecule has 0 saturated carbocycles. The average Bonchev–Trinajstić information content (AvgIpc) is 3.22. The summed E-state index contributed by atoms with van der Waals surface area (Å²) in [6.07, 6.45) is -4.64. The number of nitro benzene ring substituents is 1. The number of rotatable bonds is 5. The molecule has 11 heteroatoms. The van der Waals surface area contributed by atoms with Crippen molar-refractivity contribution in [2.24, 2.45) is 0 Å². The molecule has 2 aromatic carbocycles. The second-order valence-corrected chi connectivity index (χ2v) is 7.59. The van der Waals surface area contributed by atoms with Crippen LogP contribution < -0.4 is 4.90 Å². The Morgan fingerprint density at radius 3 is 2.38 bits per heavy atom. The van der Waals surface area contributed by atoms with Crippen molar-refractivity contribution in [2.75, 3.05) is 31.1 Å². The van der Waals surface area contributed by atoms with Crippen LogP contribution in [0.5, 0.6) is 0 Å². The van der Waals surface area contributed by atoms with Gasteiger partial charge in [-0.1, -0.05) is 17.7 Å². The molecule has 0 N–H and O–H groups in total. The van der Waals surface area contributed by atoms with E-state index in [2.05, 4.69) is 15.1 Å². The zero-order valence-corrected chi connectivity index (χ0v) is 17.2. The molecule has 2 heterocycles. The Labute approximate surface area is 181 Å². The predicted octanol–water partition coefficient (Wildman–Crippen LogP) is 4.29. The minimum Gasteiger partial charge on any atom is -0.419 e. The standard InChI is InChI=1S/C21H20F3N5O3/c1-14-2-4-15(5-3-14)20-26-25-19(32-20)13-27-8-10-28(11-9-27)17-7-6-16(21(22,23)24)12-18(17)29(30)31/h2-7,12H,8-11,13H2,1H3. The van der Waals surface area contributed by atoms with Crippen molar-refractivity contribution in [3.8, 4) is 11.5 Å². The summed E-state index contributed by atoms with van der Waals surface area (Å²) in [5, 5.41) is 19.5. The molecule has 0 atom stereocenters. The van der Waals surface area contributed by atoms with Crippen LogP contribution in [0.4, 0.5) is 24.5 Å². The molecule has 0 spiro atoms. The number of aryl methyl sites for hydroxylation is 1. The zero-order valence-electron chi connectivity index (χ0n) is 17.2. The Bertz CT molecular complexity index is 1110. The third kappa shape index (κ3) is 4.72. The van der Waals surface area contributed by atoms with Gasteiger partial charge in [-0.25, -0.2) is 0 Å². The van der Waals surface area contributed by atoms with Crippen LogP contribution in [-0.2, 0) is 12.7 Å². The second kappa shape index (κ2) is 8.58. The minimum atomic E-state index is -4.64. The van der Waals surface area contributed by atoms with E-state index in [-0.39, 0.29) is 5.69 Å². The van der Waals surface area contributed by atoms with Gasteiger partial charge in [0, 0.05) is 37.8 Å². The highest BCUT2D eigenvalue weighted by atomic mass is 19.4. The molecule has 0 unspecified atom stereocenters. The molecule has 4 rings (SSSR count). The number of anilines is 1. The predicted molar refractivity (Wildman–Crippen MR) is 110 cm³/mol. The molecule has 168 valence electrons. The average molecular weight is 447 g/mol. The number of aromatic nitrogens is 2. The molecule has 3 aromatic rings. The van der Waals surface area contributed by atoms with E-state index < -0.39 is 22.4 Å². The van der Waals surface area contributed by atoms with Crippen molar-refractivity contribution in [2.45, 2.75) is 19.6 Å². The lowest BCUT2D eigenvalue weighted by Gasteiger charge is -2.35. The number of nitro groups is 1. The number of hydrogen-bond acceptors (Lipinski definition) is 7. The number of nitrogens with zero attached hydrogens (tertiary/aromatic N) is 5. The zero-order chi connectivity index (χ0) is 22.9. The van der Waals surface area contributed by atoms with Gasteiger partial charge >= 0.3 is 6.18 Å². The molecule has 0 aliphatic carbocycles. The lowest BCUT2D eigenvalue weighted by atomic mass is 10.1. The summed E-state index contributed by atoms with van der Waals surface area (Å²) in [6, 6.07) is 10.4. The molecule has 1 aromatic heterocycles. The van der Waals surface area contributed by atoms with Crippen LogP contribution in [0.3, 0.4) is 0 Å². The first kappa shape index (κ1) is 21.8. The van der Waals surface area contributed by atoms with Crippen LogP contribution in [0.25, 0.3) is 11.5 Å². The van der Waals surface area contributed by atoms with Gasteiger partial charge < -0.3 is 9.32 Å². The molecule has 8 nitrogen and oxygen atoms in total. The minimum absolute atomic E-state index is 0.182. The van der Waals surface area contributed by atoms with Crippen molar-refractivity contribution in [1.82, 2.24) is 15.1 Å². The summed E-state index contributed by atoms with van der Waals surface area (Å²) < 4.78 is 44.5. The van der Waals surface area contributed by atoms with Crippen molar-refractivity contribution in [1.29, 1.82) is 0 Å². The highest BCUT2D eigenvalue weighted by Gasteiger charge is 2.34. The number of piperazine rings is 1. The van der Waals surface area contributed by atoms with Crippen LogP contribution >= 0.6 is 0 Å². The maximum absolute atomic E-state index is 12.9. The van der Waals surface area contributed by atoms with Gasteiger partial charge in [-0.3, -0.25) is 15.0 Å². The molecule has 0 amide bonds. The van der Waals surface area contributed by atoms with E-state index in [0.717, 1.165) is 17.2 Å². The van der Waals surface area contributed by atoms with Crippen molar-refractivity contribution in [3.05, 3.63) is 69.6 Å². The summed E-state index contributed by atoms with van der Waals surface area (Å²) in [5.74, 6) is 0.883. The SMILES string of the molecule is Cc1ccc(-c2nnc(CN3CCN(c4ccc(C(F)(F)F)cc4[N+](=O)[O-])CC3)o2)cc1. The fourth-order valence-electron chi connectivity index (χ4n) is 3.58. The quantitative estimate of drug-likeness (QED) is 0.426. The first-order valence-corrected chi connectivity index (χ1v) is 9.93. The third-order valence-corrected chi connectivity index (χ3v) is 5.34. The van der Waals surface area contributed by atoms with E-state index in [1.807, 2.05) is 31.2 Å². The second-order valence-electron chi connectivity index (χ2n) is 7.59. The first-order valence-electron chi connectivity index (χ1n) is 9.93. The third-order valence-electron chi connectivity index (χ3n) is 5.34. The largest absolute Gasteiger partial charge is 0.419 e. The number of halogens is 3. The first-order chi connectivity index (χ1) is 15.2. The number of alkyl halides is 3. The Balaban J connectivity index is 1.41. The van der Waals surface area contributed by atoms with Crippen LogP contribution in [0.15, 0.2) is 46.9 Å². The summed E-state index contributed by atoms with van der Waals surface area (Å²) in [7, 11) is 0. The molecule has 0 radical (unpaired) electrons. The van der Waals surface area contributed by atoms with E-state index in [4.69, 9.17) is 4.42 Å². The van der Waals surface area contributed by atoms with E-state index in [1.54, 1.807) is 4.90 Å². The van der Waals surface area contributed by atoms with Crippen molar-refractivity contribution in [3.63, 3.8) is 0 Å². The summed E-state index contributed by atoms with van der Waals surface area (Å²) in [5.41, 5.74) is 0.552. The normalized spacial score (nSPS) is 15.2. The molecule has 32 heavy (non-hydrogen) atoms. The fourth-order valence-corrected chi connectivity index (χ4v) is 3.58. The van der Waals surface area contributed by atoms with Gasteiger partial charge in [-0.05, 0) is 31.2 Å². The van der Waals surface area contributed by atoms with Gasteiger partial charge in [0.2, 0.25) is 11.8 Å². The van der Waals surface area contributed by atoms with Crippen molar-refractivity contribution < 1.29 is 22.5 Å². The Kier molecular flexibility index (Phi) is 5.83. The van der Waals surface area contributed by atoms with Gasteiger partial charge in [0.25, 0.3) is 5.69 Å². The topological polar surface area (TPSA) is 88.5 Å². The molecule has 1 saturated heterocycles. The summed E-state index contributed by atoms with van der Waals surface area (Å²) >= 11 is 0. The summed E-state index contributed by atoms with van der Waals surface area (Å²) in [4.78, 5) is 14.4. The monoisotopic (exact) mass is 447 g/mol. The molecular weight excluding hydrogens is 427 g/mol. The van der Waals surface area contributed by atoms with Gasteiger partial charge in [-0.2, -0.15) is 13.2 Å². The smallest absolute Gasteiger partial charge is 0.416 e. The van der Waals surface area contributed by atoms with E-state index in [0.29, 0.717) is 50.6 Å². The maximum atomic E-state index is 12.9. The molecule has 1 aliphatic heterocycles. The molecule has 1 fully saturated rings. The van der Waals surface area contributed by atoms with Gasteiger partial charge in [0.1, 0.15) is 5.69 Å². The number of hydrogen-bond donors (Lipinski definition) is 0. The van der Waals surface area contributed by atoms with Crippen LogP contribution in [0, 0.1) is 17.0 Å². The Morgan fingerprint density at radius 2 is 1.75 bits per heavy atom. The highest BCUT2D eigenvalue weighted by molar-refractivity contribution is 5.65. The molecule has 1 aliphatic rings. The highest BCUT2D eigenvalue weighted by Crippen LogP contribution is 2.36. The van der Waals surface area contributed by atoms with Crippen LogP contribution in [0.1, 0.15) is 17.0 Å². The Hall–Kier alpha value is -3.47.